The minimum Gasteiger partial charge on any atom is -1.00 e. The van der Waals surface area contributed by atoms with E-state index >= 15 is 0 Å². The molecule has 2 atom stereocenters. The van der Waals surface area contributed by atoms with Gasteiger partial charge in [0, 0.05) is 31.8 Å². The molecular formula is C31H43BrN2O3. The van der Waals surface area contributed by atoms with Crippen molar-refractivity contribution >= 4 is 5.97 Å². The zero-order chi connectivity index (χ0) is 25.0. The molecule has 5 nitrogen and oxygen atoms in total. The lowest BCUT2D eigenvalue weighted by molar-refractivity contribution is -0.946. The van der Waals surface area contributed by atoms with Crippen molar-refractivity contribution in [3.05, 3.63) is 71.3 Å². The Morgan fingerprint density at radius 2 is 1.59 bits per heavy atom. The van der Waals surface area contributed by atoms with E-state index in [-0.39, 0.29) is 35.7 Å². The molecule has 0 saturated carbocycles. The van der Waals surface area contributed by atoms with Crippen molar-refractivity contribution in [3.8, 4) is 0 Å². The molecule has 0 radical (unpaired) electrons. The second kappa shape index (κ2) is 12.4. The zero-order valence-corrected chi connectivity index (χ0v) is 23.9. The molecule has 0 unspecified atom stereocenters. The molecule has 1 N–H and O–H groups in total. The van der Waals surface area contributed by atoms with Crippen molar-refractivity contribution in [3.63, 3.8) is 0 Å². The van der Waals surface area contributed by atoms with Crippen molar-refractivity contribution < 1.29 is 36.1 Å². The summed E-state index contributed by atoms with van der Waals surface area (Å²) < 4.78 is 7.57. The third kappa shape index (κ3) is 6.13. The summed E-state index contributed by atoms with van der Waals surface area (Å²) in [6.45, 7) is 8.63. The first kappa shape index (κ1) is 28.3. The van der Waals surface area contributed by atoms with Crippen molar-refractivity contribution in [2.45, 2.75) is 63.5 Å². The minimum atomic E-state index is -0.727. The minimum absolute atomic E-state index is 0. The van der Waals surface area contributed by atoms with Gasteiger partial charge in [-0.15, -0.1) is 0 Å². The Bertz CT molecular complexity index is 1000. The molecule has 2 aromatic rings. The van der Waals surface area contributed by atoms with Gasteiger partial charge >= 0.3 is 5.97 Å². The first-order chi connectivity index (χ1) is 17.5. The quantitative estimate of drug-likeness (QED) is 0.365. The van der Waals surface area contributed by atoms with E-state index in [1.807, 2.05) is 18.2 Å². The topological polar surface area (TPSA) is 49.8 Å². The van der Waals surface area contributed by atoms with Gasteiger partial charge in [-0.05, 0) is 56.0 Å². The van der Waals surface area contributed by atoms with Crippen LogP contribution in [0.15, 0.2) is 54.6 Å². The number of esters is 1. The third-order valence-corrected chi connectivity index (χ3v) is 9.32. The number of quaternary nitrogens is 1. The van der Waals surface area contributed by atoms with E-state index in [2.05, 4.69) is 48.2 Å². The van der Waals surface area contributed by atoms with Crippen LogP contribution in [0.4, 0.5) is 0 Å². The average Bonchev–Trinajstić information content (AvgIpc) is 2.94. The molecule has 0 aliphatic carbocycles. The molecule has 4 aliphatic heterocycles. The van der Waals surface area contributed by atoms with Gasteiger partial charge in [0.2, 0.25) is 0 Å². The fourth-order valence-corrected chi connectivity index (χ4v) is 6.82. The molecule has 2 aromatic carbocycles. The van der Waals surface area contributed by atoms with Crippen LogP contribution in [0, 0.1) is 5.92 Å². The van der Waals surface area contributed by atoms with Gasteiger partial charge in [0.15, 0.2) is 6.10 Å². The highest BCUT2D eigenvalue weighted by molar-refractivity contribution is 5.82. The van der Waals surface area contributed by atoms with Crippen molar-refractivity contribution in [2.75, 3.05) is 45.9 Å². The smallest absolute Gasteiger partial charge is 0.331 e. The molecule has 0 amide bonds. The number of carbonyl (C=O) groups excluding carboxylic acids is 1. The lowest BCUT2D eigenvalue weighted by Gasteiger charge is -2.53. The van der Waals surface area contributed by atoms with Crippen LogP contribution in [-0.2, 0) is 27.9 Å². The summed E-state index contributed by atoms with van der Waals surface area (Å²) in [6, 6.07) is 19.0. The molecule has 4 fully saturated rings. The van der Waals surface area contributed by atoms with Crippen LogP contribution < -0.4 is 17.0 Å². The largest absolute Gasteiger partial charge is 1.00 e. The van der Waals surface area contributed by atoms with Gasteiger partial charge in [-0.2, -0.15) is 0 Å². The highest BCUT2D eigenvalue weighted by Gasteiger charge is 2.50. The fourth-order valence-electron chi connectivity index (χ4n) is 6.82. The highest BCUT2D eigenvalue weighted by Crippen LogP contribution is 2.39. The number of benzene rings is 2. The van der Waals surface area contributed by atoms with Gasteiger partial charge in [-0.25, -0.2) is 4.79 Å². The summed E-state index contributed by atoms with van der Waals surface area (Å²) in [7, 11) is 0. The summed E-state index contributed by atoms with van der Waals surface area (Å²) in [4.78, 5) is 16.4. The summed E-state index contributed by atoms with van der Waals surface area (Å²) in [5.74, 6) is 0.431. The second-order valence-electron chi connectivity index (χ2n) is 11.5. The lowest BCUT2D eigenvalue weighted by atomic mass is 9.82. The molecule has 4 heterocycles. The second-order valence-corrected chi connectivity index (χ2v) is 11.5. The summed E-state index contributed by atoms with van der Waals surface area (Å²) in [6.07, 6.45) is 7.60. The Hall–Kier alpha value is -1.73. The number of hydrogen-bond donors (Lipinski definition) is 1. The predicted octanol–water partition coefficient (Wildman–Crippen LogP) is 1.32. The van der Waals surface area contributed by atoms with Crippen LogP contribution in [-0.4, -0.2) is 72.4 Å². The van der Waals surface area contributed by atoms with Crippen LogP contribution in [0.1, 0.15) is 55.7 Å². The maximum Gasteiger partial charge on any atom is 0.331 e. The lowest BCUT2D eigenvalue weighted by Crippen LogP contribution is -3.00. The number of likely N-dealkylation sites (tertiary alicyclic amines) is 1. The molecule has 6 rings (SSSR count). The molecule has 4 saturated heterocycles. The SMILES string of the molecule is C[C@@](C(=O)O[C@H]1C[N+]2(CCc3ccc(CCO)cc3)CCC1CC2)(c1ccccc1)N1CCCCC1.[Br-]. The van der Waals surface area contributed by atoms with E-state index < -0.39 is 5.54 Å². The van der Waals surface area contributed by atoms with Gasteiger partial charge in [-0.3, -0.25) is 4.90 Å². The van der Waals surface area contributed by atoms with E-state index in [1.165, 1.54) is 30.6 Å². The average molecular weight is 572 g/mol. The van der Waals surface area contributed by atoms with E-state index in [0.717, 1.165) is 68.3 Å². The Balaban J connectivity index is 0.00000320. The molecule has 0 spiro atoms. The van der Waals surface area contributed by atoms with Gasteiger partial charge < -0.3 is 31.3 Å². The first-order valence-corrected chi connectivity index (χ1v) is 14.1. The van der Waals surface area contributed by atoms with Gasteiger partial charge in [0.1, 0.15) is 12.1 Å². The van der Waals surface area contributed by atoms with Crippen molar-refractivity contribution in [1.82, 2.24) is 4.90 Å². The number of carbonyl (C=O) groups is 1. The van der Waals surface area contributed by atoms with E-state index in [0.29, 0.717) is 12.3 Å². The van der Waals surface area contributed by atoms with Crippen molar-refractivity contribution in [1.29, 1.82) is 0 Å². The number of fused-ring (bicyclic) bond motifs is 3. The Kier molecular flexibility index (Phi) is 9.49. The van der Waals surface area contributed by atoms with Crippen molar-refractivity contribution in [2.24, 2.45) is 5.92 Å². The summed E-state index contributed by atoms with van der Waals surface area (Å²) >= 11 is 0. The van der Waals surface area contributed by atoms with Gasteiger partial charge in [0.05, 0.1) is 19.6 Å². The molecule has 4 aliphatic rings. The Morgan fingerprint density at radius 1 is 0.973 bits per heavy atom. The third-order valence-electron chi connectivity index (χ3n) is 9.32. The van der Waals surface area contributed by atoms with Crippen LogP contribution in [0.5, 0.6) is 0 Å². The summed E-state index contributed by atoms with van der Waals surface area (Å²) in [5.41, 5.74) is 2.86. The van der Waals surface area contributed by atoms with E-state index in [1.54, 1.807) is 0 Å². The number of piperidine rings is 4. The highest BCUT2D eigenvalue weighted by atomic mass is 79.9. The molecule has 2 bridgehead atoms. The number of rotatable bonds is 9. The number of aliphatic hydroxyl groups excluding tert-OH is 1. The van der Waals surface area contributed by atoms with E-state index in [4.69, 9.17) is 9.84 Å². The number of nitrogens with zero attached hydrogens (tertiary/aromatic N) is 2. The molecule has 6 heteroatoms. The molecule has 202 valence electrons. The maximum atomic E-state index is 14.0. The Morgan fingerprint density at radius 3 is 2.22 bits per heavy atom. The monoisotopic (exact) mass is 570 g/mol. The van der Waals surface area contributed by atoms with Crippen LogP contribution in [0.25, 0.3) is 0 Å². The number of hydrogen-bond acceptors (Lipinski definition) is 4. The van der Waals surface area contributed by atoms with Gasteiger partial charge in [0.25, 0.3) is 0 Å². The standard InChI is InChI=1S/C31H43N2O3.BrH/c1-31(28-8-4-2-5-9-28,32-18-6-3-7-19-32)30(35)36-29-24-33(21-15-27(29)16-22-33)20-14-25-10-12-26(13-11-25)17-23-34;/h2,4-5,8-13,27,29,34H,3,6-7,14-24H2,1H3;1H/q+1;/p-1/t27?,29-,31-,33?;/m0./s1. The molecule has 0 aromatic heterocycles. The molecule has 37 heavy (non-hydrogen) atoms. The molecular weight excluding hydrogens is 528 g/mol. The van der Waals surface area contributed by atoms with Crippen LogP contribution in [0.3, 0.4) is 0 Å². The fraction of sp³-hybridized carbons (Fsp3) is 0.581. The number of ether oxygens (including phenoxy) is 1. The number of aliphatic hydroxyl groups is 1. The maximum absolute atomic E-state index is 14.0. The first-order valence-electron chi connectivity index (χ1n) is 14.1. The zero-order valence-electron chi connectivity index (χ0n) is 22.3. The van der Waals surface area contributed by atoms with E-state index in [9.17, 15) is 4.79 Å². The number of halogens is 1. The summed E-state index contributed by atoms with van der Waals surface area (Å²) in [5, 5.41) is 9.17. The normalized spacial score (nSPS) is 27.2. The predicted molar refractivity (Wildman–Crippen MR) is 142 cm³/mol. The Labute approximate surface area is 233 Å². The van der Waals surface area contributed by atoms with Gasteiger partial charge in [-0.1, -0.05) is 61.0 Å². The van der Waals surface area contributed by atoms with Crippen LogP contribution in [0.2, 0.25) is 0 Å². The van der Waals surface area contributed by atoms with Crippen LogP contribution >= 0.6 is 0 Å².